The summed E-state index contributed by atoms with van der Waals surface area (Å²) in [6.45, 7) is 8.41. The van der Waals surface area contributed by atoms with Crippen molar-refractivity contribution >= 4 is 24.8 Å². The molecule has 1 N–H and O–H groups in total. The van der Waals surface area contributed by atoms with Crippen molar-refractivity contribution in [2.45, 2.75) is 12.5 Å². The first-order chi connectivity index (χ1) is 10.9. The van der Waals surface area contributed by atoms with E-state index in [1.54, 1.807) is 0 Å². The Morgan fingerprint density at radius 3 is 2.42 bits per heavy atom. The summed E-state index contributed by atoms with van der Waals surface area (Å²) in [6.07, 6.45) is 3.15. The molecule has 0 amide bonds. The first-order valence-corrected chi connectivity index (χ1v) is 8.15. The Hall–Kier alpha value is -1.32. The van der Waals surface area contributed by atoms with Gasteiger partial charge >= 0.3 is 0 Å². The molecule has 1 aliphatic heterocycles. The summed E-state index contributed by atoms with van der Waals surface area (Å²) < 4.78 is 0. The van der Waals surface area contributed by atoms with E-state index in [0.29, 0.717) is 6.04 Å². The molecule has 1 saturated heterocycles. The van der Waals surface area contributed by atoms with Crippen LogP contribution in [0.4, 0.5) is 0 Å². The number of hydrogen-bond acceptors (Lipinski definition) is 2. The van der Waals surface area contributed by atoms with E-state index in [-0.39, 0.29) is 24.8 Å². The lowest BCUT2D eigenvalue weighted by atomic mass is 9.98. The molecule has 1 heterocycles. The van der Waals surface area contributed by atoms with Crippen LogP contribution < -0.4 is 5.32 Å². The molecular weight excluding hydrogens is 339 g/mol. The van der Waals surface area contributed by atoms with Gasteiger partial charge in [0.1, 0.15) is 0 Å². The number of nitrogens with one attached hydrogen (secondary N) is 1. The Labute approximate surface area is 156 Å². The lowest BCUT2D eigenvalue weighted by Gasteiger charge is -2.33. The summed E-state index contributed by atoms with van der Waals surface area (Å²) >= 11 is 0. The normalized spacial score (nSPS) is 17.0. The lowest BCUT2D eigenvalue weighted by molar-refractivity contribution is 0.203. The van der Waals surface area contributed by atoms with Crippen molar-refractivity contribution in [1.82, 2.24) is 10.2 Å². The molecule has 1 atom stereocenters. The van der Waals surface area contributed by atoms with E-state index in [2.05, 4.69) is 65.3 Å². The van der Waals surface area contributed by atoms with Crippen molar-refractivity contribution in [3.63, 3.8) is 0 Å². The van der Waals surface area contributed by atoms with Gasteiger partial charge in [-0.3, -0.25) is 4.90 Å². The smallest absolute Gasteiger partial charge is 0.0530 e. The van der Waals surface area contributed by atoms with Crippen LogP contribution in [-0.4, -0.2) is 31.1 Å². The minimum absolute atomic E-state index is 0. The number of halogens is 2. The van der Waals surface area contributed by atoms with Gasteiger partial charge < -0.3 is 5.32 Å². The average molecular weight is 363 g/mol. The molecule has 0 aromatic heterocycles. The summed E-state index contributed by atoms with van der Waals surface area (Å²) in [5, 5.41) is 3.42. The van der Waals surface area contributed by atoms with E-state index < -0.39 is 0 Å². The van der Waals surface area contributed by atoms with Crippen molar-refractivity contribution in [2.75, 3.05) is 26.2 Å². The fourth-order valence-corrected chi connectivity index (χ4v) is 3.81. The molecule has 0 unspecified atom stereocenters. The van der Waals surface area contributed by atoms with Gasteiger partial charge in [-0.05, 0) is 34.2 Å². The van der Waals surface area contributed by atoms with Crippen molar-refractivity contribution in [3.05, 3.63) is 71.8 Å². The van der Waals surface area contributed by atoms with Crippen LogP contribution in [0.1, 0.15) is 22.7 Å². The predicted molar refractivity (Wildman–Crippen MR) is 107 cm³/mol. The maximum atomic E-state index is 4.08. The van der Waals surface area contributed by atoms with Gasteiger partial charge in [0.25, 0.3) is 0 Å². The quantitative estimate of drug-likeness (QED) is 0.701. The van der Waals surface area contributed by atoms with E-state index in [9.17, 15) is 0 Å². The van der Waals surface area contributed by atoms with Gasteiger partial charge in [-0.15, -0.1) is 31.4 Å². The fourth-order valence-electron chi connectivity index (χ4n) is 3.81. The van der Waals surface area contributed by atoms with E-state index >= 15 is 0 Å². The first-order valence-electron chi connectivity index (χ1n) is 8.15. The Balaban J connectivity index is 0.00000104. The van der Waals surface area contributed by atoms with Gasteiger partial charge in [0.15, 0.2) is 0 Å². The highest BCUT2D eigenvalue weighted by Crippen LogP contribution is 2.38. The summed E-state index contributed by atoms with van der Waals surface area (Å²) in [5.74, 6) is 0. The highest BCUT2D eigenvalue weighted by molar-refractivity contribution is 5.85. The number of rotatable bonds is 3. The molecule has 1 fully saturated rings. The lowest BCUT2D eigenvalue weighted by Crippen LogP contribution is -2.44. The van der Waals surface area contributed by atoms with Crippen LogP contribution in [0.3, 0.4) is 0 Å². The molecule has 4 heteroatoms. The topological polar surface area (TPSA) is 15.3 Å². The molecule has 24 heavy (non-hydrogen) atoms. The maximum Gasteiger partial charge on any atom is 0.0530 e. The maximum absolute atomic E-state index is 4.08. The molecule has 1 aliphatic carbocycles. The summed E-state index contributed by atoms with van der Waals surface area (Å²) in [7, 11) is 0. The zero-order chi connectivity index (χ0) is 14.9. The van der Waals surface area contributed by atoms with Crippen molar-refractivity contribution in [3.8, 4) is 11.1 Å². The third-order valence-corrected chi connectivity index (χ3v) is 4.93. The molecule has 2 aromatic rings. The molecule has 0 saturated carbocycles. The van der Waals surface area contributed by atoms with Crippen LogP contribution in [0.2, 0.25) is 0 Å². The summed E-state index contributed by atoms with van der Waals surface area (Å²) in [5.41, 5.74) is 7.10. The SMILES string of the molecule is C=C[C@H](c1ccc2c(c1)Cc1ccccc1-2)N1CCNCC1.Cl.Cl. The van der Waals surface area contributed by atoms with Gasteiger partial charge in [0.2, 0.25) is 0 Å². The number of fused-ring (bicyclic) bond motifs is 3. The van der Waals surface area contributed by atoms with Crippen LogP contribution >= 0.6 is 24.8 Å². The van der Waals surface area contributed by atoms with E-state index in [0.717, 1.165) is 32.6 Å². The Kier molecular flexibility index (Phi) is 6.47. The number of benzene rings is 2. The van der Waals surface area contributed by atoms with Crippen molar-refractivity contribution in [2.24, 2.45) is 0 Å². The zero-order valence-corrected chi connectivity index (χ0v) is 15.3. The Bertz CT molecular complexity index is 709. The first kappa shape index (κ1) is 19.0. The molecule has 4 rings (SSSR count). The molecule has 2 nitrogen and oxygen atoms in total. The average Bonchev–Trinajstić information content (AvgIpc) is 2.94. The number of piperazine rings is 1. The van der Waals surface area contributed by atoms with Crippen molar-refractivity contribution < 1.29 is 0 Å². The van der Waals surface area contributed by atoms with E-state index in [4.69, 9.17) is 0 Å². The Morgan fingerprint density at radius 2 is 1.67 bits per heavy atom. The Morgan fingerprint density at radius 1 is 0.958 bits per heavy atom. The van der Waals surface area contributed by atoms with Gasteiger partial charge in [0.05, 0.1) is 6.04 Å². The molecular formula is C20H24Cl2N2. The molecule has 2 aromatic carbocycles. The second kappa shape index (κ2) is 8.17. The van der Waals surface area contributed by atoms with Crippen LogP contribution in [0.5, 0.6) is 0 Å². The summed E-state index contributed by atoms with van der Waals surface area (Å²) in [4.78, 5) is 2.52. The highest BCUT2D eigenvalue weighted by Gasteiger charge is 2.23. The van der Waals surface area contributed by atoms with Crippen molar-refractivity contribution in [1.29, 1.82) is 0 Å². The zero-order valence-electron chi connectivity index (χ0n) is 13.7. The van der Waals surface area contributed by atoms with Gasteiger partial charge in [-0.25, -0.2) is 0 Å². The van der Waals surface area contributed by atoms with Gasteiger partial charge in [0, 0.05) is 26.2 Å². The van der Waals surface area contributed by atoms with Gasteiger partial charge in [-0.2, -0.15) is 0 Å². The van der Waals surface area contributed by atoms with Crippen LogP contribution in [0.15, 0.2) is 55.1 Å². The minimum atomic E-state index is 0. The van der Waals surface area contributed by atoms with E-state index in [1.165, 1.54) is 27.8 Å². The monoisotopic (exact) mass is 362 g/mol. The highest BCUT2D eigenvalue weighted by atomic mass is 35.5. The minimum Gasteiger partial charge on any atom is -0.314 e. The summed E-state index contributed by atoms with van der Waals surface area (Å²) in [6, 6.07) is 16.1. The molecule has 0 bridgehead atoms. The van der Waals surface area contributed by atoms with Gasteiger partial charge in [-0.1, -0.05) is 48.5 Å². The number of nitrogens with zero attached hydrogens (tertiary/aromatic N) is 1. The number of hydrogen-bond donors (Lipinski definition) is 1. The third kappa shape index (κ3) is 3.38. The van der Waals surface area contributed by atoms with E-state index in [1.807, 2.05) is 0 Å². The van der Waals surface area contributed by atoms with Crippen LogP contribution in [0, 0.1) is 0 Å². The molecule has 0 radical (unpaired) electrons. The predicted octanol–water partition coefficient (Wildman–Crippen LogP) is 4.23. The second-order valence-corrected chi connectivity index (χ2v) is 6.22. The van der Waals surface area contributed by atoms with Crippen LogP contribution in [0.25, 0.3) is 11.1 Å². The largest absolute Gasteiger partial charge is 0.314 e. The third-order valence-electron chi connectivity index (χ3n) is 4.93. The standard InChI is InChI=1S/C20H22N2.2ClH/c1-2-20(22-11-9-21-10-12-22)16-7-8-19-17(14-16)13-15-5-3-4-6-18(15)19;;/h2-8,14,20-21H,1,9-13H2;2*1H/t20-;;/m1../s1. The molecule has 2 aliphatic rings. The van der Waals surface area contributed by atoms with Crippen LogP contribution in [-0.2, 0) is 6.42 Å². The molecule has 0 spiro atoms. The fraction of sp³-hybridized carbons (Fsp3) is 0.300. The second-order valence-electron chi connectivity index (χ2n) is 6.22. The molecule has 128 valence electrons.